The zero-order valence-corrected chi connectivity index (χ0v) is 14.3. The molecule has 0 fully saturated rings. The van der Waals surface area contributed by atoms with Crippen LogP contribution in [0.2, 0.25) is 0 Å². The fourth-order valence-corrected chi connectivity index (χ4v) is 2.92. The lowest BCUT2D eigenvalue weighted by Crippen LogP contribution is -2.32. The van der Waals surface area contributed by atoms with Crippen molar-refractivity contribution in [3.63, 3.8) is 0 Å². The Morgan fingerprint density at radius 3 is 2.36 bits per heavy atom. The molecule has 1 heterocycles. The third kappa shape index (κ3) is 5.26. The standard InChI is InChI=1S/C16H23NO4S/c1-10-9-12(11(2)22-10)13(18)5-6-14(19)17-8-7-16(3,4)15(20)21/h9H,5-8H2,1-4H3,(H,17,19)(H,20,21). The molecule has 1 rings (SSSR count). The molecule has 2 N–H and O–H groups in total. The van der Waals surface area contributed by atoms with Crippen LogP contribution in [0.3, 0.4) is 0 Å². The van der Waals surface area contributed by atoms with E-state index in [9.17, 15) is 14.4 Å². The summed E-state index contributed by atoms with van der Waals surface area (Å²) in [6.45, 7) is 7.38. The second-order valence-electron chi connectivity index (χ2n) is 6.04. The molecule has 5 nitrogen and oxygen atoms in total. The van der Waals surface area contributed by atoms with Crippen LogP contribution in [0.5, 0.6) is 0 Å². The molecule has 1 amide bonds. The second-order valence-corrected chi connectivity index (χ2v) is 7.50. The van der Waals surface area contributed by atoms with Gasteiger partial charge in [0.2, 0.25) is 5.91 Å². The molecule has 0 atom stereocenters. The summed E-state index contributed by atoms with van der Waals surface area (Å²) >= 11 is 1.57. The van der Waals surface area contributed by atoms with Gasteiger partial charge in [-0.05, 0) is 40.2 Å². The Kier molecular flexibility index (Phi) is 6.29. The van der Waals surface area contributed by atoms with Crippen molar-refractivity contribution in [3.05, 3.63) is 21.4 Å². The number of carboxylic acids is 1. The predicted octanol–water partition coefficient (Wildman–Crippen LogP) is 2.94. The van der Waals surface area contributed by atoms with Gasteiger partial charge in [-0.25, -0.2) is 0 Å². The Hall–Kier alpha value is -1.69. The van der Waals surface area contributed by atoms with Crippen molar-refractivity contribution in [2.75, 3.05) is 6.54 Å². The lowest BCUT2D eigenvalue weighted by atomic mass is 9.90. The summed E-state index contributed by atoms with van der Waals surface area (Å²) in [7, 11) is 0. The third-order valence-electron chi connectivity index (χ3n) is 3.57. The number of carbonyl (C=O) groups excluding carboxylic acids is 2. The molecular formula is C16H23NO4S. The normalized spacial score (nSPS) is 11.3. The van der Waals surface area contributed by atoms with Crippen LogP contribution in [0, 0.1) is 19.3 Å². The first-order valence-corrected chi connectivity index (χ1v) is 8.05. The van der Waals surface area contributed by atoms with Crippen LogP contribution >= 0.6 is 11.3 Å². The van der Waals surface area contributed by atoms with Gasteiger partial charge >= 0.3 is 5.97 Å². The van der Waals surface area contributed by atoms with Crippen molar-refractivity contribution in [1.82, 2.24) is 5.32 Å². The van der Waals surface area contributed by atoms with Crippen LogP contribution in [0.25, 0.3) is 0 Å². The van der Waals surface area contributed by atoms with Gasteiger partial charge in [0.1, 0.15) is 0 Å². The van der Waals surface area contributed by atoms with E-state index >= 15 is 0 Å². The zero-order valence-electron chi connectivity index (χ0n) is 13.5. The Bertz CT molecular complexity index is 575. The van der Waals surface area contributed by atoms with Crippen LogP contribution < -0.4 is 5.32 Å². The second kappa shape index (κ2) is 7.54. The number of rotatable bonds is 8. The highest BCUT2D eigenvalue weighted by Crippen LogP contribution is 2.22. The van der Waals surface area contributed by atoms with E-state index < -0.39 is 11.4 Å². The van der Waals surface area contributed by atoms with E-state index in [0.29, 0.717) is 18.5 Å². The van der Waals surface area contributed by atoms with E-state index in [-0.39, 0.29) is 24.5 Å². The van der Waals surface area contributed by atoms with Gasteiger partial charge in [0.15, 0.2) is 5.78 Å². The first kappa shape index (κ1) is 18.4. The lowest BCUT2D eigenvalue weighted by molar-refractivity contribution is -0.147. The molecule has 1 aromatic heterocycles. The molecule has 0 saturated heterocycles. The van der Waals surface area contributed by atoms with Crippen LogP contribution in [0.1, 0.15) is 53.2 Å². The number of nitrogens with one attached hydrogen (secondary N) is 1. The third-order valence-corrected chi connectivity index (χ3v) is 4.54. The summed E-state index contributed by atoms with van der Waals surface area (Å²) < 4.78 is 0. The van der Waals surface area contributed by atoms with Crippen LogP contribution in [-0.2, 0) is 9.59 Å². The number of thiophene rings is 1. The van der Waals surface area contributed by atoms with Crippen molar-refractivity contribution in [2.24, 2.45) is 5.41 Å². The van der Waals surface area contributed by atoms with Gasteiger partial charge in [-0.3, -0.25) is 14.4 Å². The Balaban J connectivity index is 2.36. The van der Waals surface area contributed by atoms with Crippen molar-refractivity contribution in [1.29, 1.82) is 0 Å². The molecule has 0 radical (unpaired) electrons. The van der Waals surface area contributed by atoms with Gasteiger partial charge in [0, 0.05) is 34.7 Å². The number of carbonyl (C=O) groups is 3. The van der Waals surface area contributed by atoms with Crippen LogP contribution in [0.15, 0.2) is 6.07 Å². The molecule has 0 aliphatic heterocycles. The van der Waals surface area contributed by atoms with Crippen molar-refractivity contribution >= 4 is 29.0 Å². The minimum atomic E-state index is -0.889. The molecular weight excluding hydrogens is 302 g/mol. The summed E-state index contributed by atoms with van der Waals surface area (Å²) in [5.41, 5.74) is -0.170. The monoisotopic (exact) mass is 325 g/mol. The maximum absolute atomic E-state index is 12.1. The van der Waals surface area contributed by atoms with Crippen LogP contribution in [0.4, 0.5) is 0 Å². The summed E-state index contributed by atoms with van der Waals surface area (Å²) in [5.74, 6) is -1.14. The van der Waals surface area contributed by atoms with E-state index in [2.05, 4.69) is 5.32 Å². The lowest BCUT2D eigenvalue weighted by Gasteiger charge is -2.18. The van der Waals surface area contributed by atoms with E-state index in [4.69, 9.17) is 5.11 Å². The number of amides is 1. The highest BCUT2D eigenvalue weighted by molar-refractivity contribution is 7.12. The fraction of sp³-hybridized carbons (Fsp3) is 0.562. The smallest absolute Gasteiger partial charge is 0.309 e. The van der Waals surface area contributed by atoms with Crippen molar-refractivity contribution in [2.45, 2.75) is 47.0 Å². The maximum atomic E-state index is 12.1. The molecule has 0 aliphatic carbocycles. The number of aliphatic carboxylic acids is 1. The molecule has 122 valence electrons. The van der Waals surface area contributed by atoms with Gasteiger partial charge in [-0.2, -0.15) is 0 Å². The van der Waals surface area contributed by atoms with E-state index in [1.54, 1.807) is 25.2 Å². The van der Waals surface area contributed by atoms with Crippen LogP contribution in [-0.4, -0.2) is 29.3 Å². The summed E-state index contributed by atoms with van der Waals surface area (Å²) in [6.07, 6.45) is 0.649. The first-order chi connectivity index (χ1) is 10.1. The Labute approximate surface area is 134 Å². The first-order valence-electron chi connectivity index (χ1n) is 7.24. The van der Waals surface area contributed by atoms with Crippen molar-refractivity contribution in [3.8, 4) is 0 Å². The number of carboxylic acid groups (broad SMARTS) is 1. The largest absolute Gasteiger partial charge is 0.481 e. The number of aryl methyl sites for hydroxylation is 2. The van der Waals surface area contributed by atoms with Gasteiger partial charge in [-0.15, -0.1) is 11.3 Å². The van der Waals surface area contributed by atoms with E-state index in [1.165, 1.54) is 0 Å². The van der Waals surface area contributed by atoms with E-state index in [0.717, 1.165) is 9.75 Å². The van der Waals surface area contributed by atoms with Gasteiger partial charge in [0.05, 0.1) is 5.41 Å². The average Bonchev–Trinajstić information content (AvgIpc) is 2.74. The summed E-state index contributed by atoms with van der Waals surface area (Å²) in [5, 5.41) is 11.6. The topological polar surface area (TPSA) is 83.5 Å². The minimum Gasteiger partial charge on any atom is -0.481 e. The molecule has 1 aromatic rings. The molecule has 0 saturated carbocycles. The highest BCUT2D eigenvalue weighted by Gasteiger charge is 2.26. The van der Waals surface area contributed by atoms with E-state index in [1.807, 2.05) is 19.9 Å². The number of hydrogen-bond donors (Lipinski definition) is 2. The number of ketones is 1. The fourth-order valence-electron chi connectivity index (χ4n) is 1.98. The number of Topliss-reactive ketones (excluding diaryl/α,β-unsaturated/α-hetero) is 1. The number of hydrogen-bond acceptors (Lipinski definition) is 4. The highest BCUT2D eigenvalue weighted by atomic mass is 32.1. The van der Waals surface area contributed by atoms with Gasteiger partial charge < -0.3 is 10.4 Å². The molecule has 22 heavy (non-hydrogen) atoms. The average molecular weight is 325 g/mol. The maximum Gasteiger partial charge on any atom is 0.309 e. The molecule has 0 spiro atoms. The van der Waals surface area contributed by atoms with Crippen molar-refractivity contribution < 1.29 is 19.5 Å². The molecule has 0 unspecified atom stereocenters. The molecule has 6 heteroatoms. The predicted molar refractivity (Wildman–Crippen MR) is 86.4 cm³/mol. The van der Waals surface area contributed by atoms with Gasteiger partial charge in [0.25, 0.3) is 0 Å². The summed E-state index contributed by atoms with van der Waals surface area (Å²) in [4.78, 5) is 36.8. The SMILES string of the molecule is Cc1cc(C(=O)CCC(=O)NCCC(C)(C)C(=O)O)c(C)s1. The van der Waals surface area contributed by atoms with Gasteiger partial charge in [-0.1, -0.05) is 0 Å². The molecule has 0 aliphatic rings. The minimum absolute atomic E-state index is 0.0251. The molecule has 0 aromatic carbocycles. The summed E-state index contributed by atoms with van der Waals surface area (Å²) in [6, 6.07) is 1.86. The zero-order chi connectivity index (χ0) is 16.9. The Morgan fingerprint density at radius 2 is 1.86 bits per heavy atom. The molecule has 0 bridgehead atoms. The Morgan fingerprint density at radius 1 is 1.23 bits per heavy atom. The quantitative estimate of drug-likeness (QED) is 0.720.